The van der Waals surface area contributed by atoms with E-state index in [0.29, 0.717) is 12.0 Å². The molecule has 2 bridgehead atoms. The molecule has 1 saturated heterocycles. The second-order valence-electron chi connectivity index (χ2n) is 3.73. The van der Waals surface area contributed by atoms with E-state index in [1.54, 1.807) is 11.8 Å². The van der Waals surface area contributed by atoms with Crippen molar-refractivity contribution in [2.24, 2.45) is 5.92 Å². The van der Waals surface area contributed by atoms with Crippen LogP contribution < -0.4 is 0 Å². The molecule has 2 rings (SSSR count). The number of carbonyl (C=O) groups excluding carboxylic acids is 1. The van der Waals surface area contributed by atoms with Gasteiger partial charge < -0.3 is 4.90 Å². The van der Waals surface area contributed by atoms with Gasteiger partial charge in [0.1, 0.15) is 6.04 Å². The van der Waals surface area contributed by atoms with E-state index in [1.165, 1.54) is 0 Å². The fourth-order valence-electron chi connectivity index (χ4n) is 2.61. The van der Waals surface area contributed by atoms with Gasteiger partial charge in [0.2, 0.25) is 5.91 Å². The van der Waals surface area contributed by atoms with Gasteiger partial charge in [0, 0.05) is 13.0 Å². The minimum atomic E-state index is -0.124. The van der Waals surface area contributed by atoms with Gasteiger partial charge in [-0.25, -0.2) is 0 Å². The van der Waals surface area contributed by atoms with E-state index < -0.39 is 0 Å². The number of rotatable bonds is 0. The zero-order chi connectivity index (χ0) is 8.72. The maximum atomic E-state index is 11.2. The molecule has 64 valence electrons. The standard InChI is InChI=1S/C9H12N2O/c1-6(12)11-8-3-2-7(4-8)9(11)5-10/h7-9H,2-4H2,1H3. The van der Waals surface area contributed by atoms with E-state index >= 15 is 0 Å². The number of hydrogen-bond acceptors (Lipinski definition) is 2. The molecule has 0 radical (unpaired) electrons. The molecule has 3 unspecified atom stereocenters. The molecule has 0 aromatic rings. The molecule has 1 saturated carbocycles. The summed E-state index contributed by atoms with van der Waals surface area (Å²) >= 11 is 0. The maximum Gasteiger partial charge on any atom is 0.220 e. The van der Waals surface area contributed by atoms with Crippen molar-refractivity contribution in [3.05, 3.63) is 0 Å². The molecule has 1 heterocycles. The lowest BCUT2D eigenvalue weighted by Gasteiger charge is -2.29. The topological polar surface area (TPSA) is 44.1 Å². The van der Waals surface area contributed by atoms with E-state index in [9.17, 15) is 4.79 Å². The Balaban J connectivity index is 2.23. The van der Waals surface area contributed by atoms with Gasteiger partial charge in [0.15, 0.2) is 0 Å². The van der Waals surface area contributed by atoms with Crippen LogP contribution in [-0.4, -0.2) is 22.9 Å². The number of nitriles is 1. The van der Waals surface area contributed by atoms with Crippen LogP contribution in [0.25, 0.3) is 0 Å². The summed E-state index contributed by atoms with van der Waals surface area (Å²) in [6.07, 6.45) is 3.28. The first-order valence-electron chi connectivity index (χ1n) is 4.42. The highest BCUT2D eigenvalue weighted by Crippen LogP contribution is 2.41. The summed E-state index contributed by atoms with van der Waals surface area (Å²) in [6.45, 7) is 1.56. The first-order chi connectivity index (χ1) is 5.74. The van der Waals surface area contributed by atoms with Crippen LogP contribution in [0.15, 0.2) is 0 Å². The van der Waals surface area contributed by atoms with Gasteiger partial charge in [-0.1, -0.05) is 0 Å². The Labute approximate surface area is 72.0 Å². The summed E-state index contributed by atoms with van der Waals surface area (Å²) < 4.78 is 0. The van der Waals surface area contributed by atoms with Crippen molar-refractivity contribution >= 4 is 5.91 Å². The van der Waals surface area contributed by atoms with Crippen molar-refractivity contribution in [2.45, 2.75) is 38.3 Å². The Kier molecular flexibility index (Phi) is 1.57. The second-order valence-corrected chi connectivity index (χ2v) is 3.73. The zero-order valence-corrected chi connectivity index (χ0v) is 7.16. The lowest BCUT2D eigenvalue weighted by molar-refractivity contribution is -0.131. The monoisotopic (exact) mass is 164 g/mol. The Hall–Kier alpha value is -1.04. The Bertz CT molecular complexity index is 256. The smallest absolute Gasteiger partial charge is 0.220 e. The summed E-state index contributed by atoms with van der Waals surface area (Å²) in [5.41, 5.74) is 0. The minimum Gasteiger partial charge on any atom is -0.324 e. The van der Waals surface area contributed by atoms with E-state index in [2.05, 4.69) is 6.07 Å². The molecule has 1 amide bonds. The molecule has 0 spiro atoms. The van der Waals surface area contributed by atoms with E-state index in [-0.39, 0.29) is 11.9 Å². The van der Waals surface area contributed by atoms with Gasteiger partial charge in [-0.2, -0.15) is 5.26 Å². The number of likely N-dealkylation sites (tertiary alicyclic amines) is 1. The van der Waals surface area contributed by atoms with Gasteiger partial charge in [-0.15, -0.1) is 0 Å². The molecule has 0 N–H and O–H groups in total. The van der Waals surface area contributed by atoms with E-state index in [1.807, 2.05) is 0 Å². The third kappa shape index (κ3) is 0.842. The third-order valence-corrected chi connectivity index (χ3v) is 3.08. The molecule has 2 aliphatic rings. The van der Waals surface area contributed by atoms with Crippen LogP contribution in [0.5, 0.6) is 0 Å². The summed E-state index contributed by atoms with van der Waals surface area (Å²) in [6, 6.07) is 2.48. The lowest BCUT2D eigenvalue weighted by Crippen LogP contribution is -2.42. The number of nitrogens with zero attached hydrogens (tertiary/aromatic N) is 2. The van der Waals surface area contributed by atoms with Gasteiger partial charge in [0.05, 0.1) is 6.07 Å². The Morgan fingerprint density at radius 2 is 2.33 bits per heavy atom. The fourth-order valence-corrected chi connectivity index (χ4v) is 2.61. The molecule has 1 aliphatic heterocycles. The molecular weight excluding hydrogens is 152 g/mol. The van der Waals surface area contributed by atoms with Crippen molar-refractivity contribution < 1.29 is 4.79 Å². The van der Waals surface area contributed by atoms with Crippen LogP contribution in [0.4, 0.5) is 0 Å². The lowest BCUT2D eigenvalue weighted by atomic mass is 10.0. The third-order valence-electron chi connectivity index (χ3n) is 3.08. The molecule has 3 heteroatoms. The predicted octanol–water partition coefficient (Wildman–Crippen LogP) is 0.909. The van der Waals surface area contributed by atoms with Crippen molar-refractivity contribution in [3.8, 4) is 6.07 Å². The van der Waals surface area contributed by atoms with Crippen molar-refractivity contribution in [2.75, 3.05) is 0 Å². The SMILES string of the molecule is CC(=O)N1C2CCC(C2)C1C#N. The van der Waals surface area contributed by atoms with Crippen LogP contribution in [0.2, 0.25) is 0 Å². The predicted molar refractivity (Wildman–Crippen MR) is 43.1 cm³/mol. The quantitative estimate of drug-likeness (QED) is 0.534. The number of piperidine rings is 1. The molecular formula is C9H12N2O. The highest BCUT2D eigenvalue weighted by molar-refractivity contribution is 5.75. The summed E-state index contributed by atoms with van der Waals surface area (Å²) in [7, 11) is 0. The van der Waals surface area contributed by atoms with Crippen LogP contribution in [0, 0.1) is 17.2 Å². The average Bonchev–Trinajstić information content (AvgIpc) is 2.60. The largest absolute Gasteiger partial charge is 0.324 e. The van der Waals surface area contributed by atoms with Crippen LogP contribution >= 0.6 is 0 Å². The Morgan fingerprint density at radius 1 is 1.58 bits per heavy atom. The first kappa shape index (κ1) is 7.60. The molecule has 3 atom stereocenters. The molecule has 3 nitrogen and oxygen atoms in total. The normalized spacial score (nSPS) is 38.3. The van der Waals surface area contributed by atoms with Gasteiger partial charge in [-0.3, -0.25) is 4.79 Å². The molecule has 12 heavy (non-hydrogen) atoms. The molecule has 0 aromatic heterocycles. The van der Waals surface area contributed by atoms with Gasteiger partial charge >= 0.3 is 0 Å². The average molecular weight is 164 g/mol. The summed E-state index contributed by atoms with van der Waals surface area (Å²) in [4.78, 5) is 13.0. The number of amides is 1. The number of carbonyl (C=O) groups is 1. The highest BCUT2D eigenvalue weighted by Gasteiger charge is 2.47. The molecule has 2 fully saturated rings. The van der Waals surface area contributed by atoms with Crippen LogP contribution in [-0.2, 0) is 4.79 Å². The highest BCUT2D eigenvalue weighted by atomic mass is 16.2. The summed E-state index contributed by atoms with van der Waals surface area (Å²) in [5, 5.41) is 8.86. The van der Waals surface area contributed by atoms with E-state index in [4.69, 9.17) is 5.26 Å². The number of hydrogen-bond donors (Lipinski definition) is 0. The summed E-state index contributed by atoms with van der Waals surface area (Å²) in [5.74, 6) is 0.526. The number of fused-ring (bicyclic) bond motifs is 2. The second kappa shape index (κ2) is 2.48. The maximum absolute atomic E-state index is 11.2. The van der Waals surface area contributed by atoms with Gasteiger partial charge in [-0.05, 0) is 25.2 Å². The first-order valence-corrected chi connectivity index (χ1v) is 4.42. The van der Waals surface area contributed by atoms with Crippen molar-refractivity contribution in [1.29, 1.82) is 5.26 Å². The minimum absolute atomic E-state index is 0.0637. The van der Waals surface area contributed by atoms with Gasteiger partial charge in [0.25, 0.3) is 0 Å². The molecule has 1 aliphatic carbocycles. The van der Waals surface area contributed by atoms with Crippen molar-refractivity contribution in [1.82, 2.24) is 4.90 Å². The van der Waals surface area contributed by atoms with Crippen LogP contribution in [0.1, 0.15) is 26.2 Å². The Morgan fingerprint density at radius 3 is 2.83 bits per heavy atom. The van der Waals surface area contributed by atoms with Crippen LogP contribution in [0.3, 0.4) is 0 Å². The van der Waals surface area contributed by atoms with Crippen molar-refractivity contribution in [3.63, 3.8) is 0 Å². The zero-order valence-electron chi connectivity index (χ0n) is 7.16. The fraction of sp³-hybridized carbons (Fsp3) is 0.778. The van der Waals surface area contributed by atoms with E-state index in [0.717, 1.165) is 19.3 Å². The molecule has 0 aromatic carbocycles.